The first-order valence-electron chi connectivity index (χ1n) is 5.26. The molecule has 2 N–H and O–H groups in total. The van der Waals surface area contributed by atoms with Crippen molar-refractivity contribution in [2.45, 2.75) is 0 Å². The summed E-state index contributed by atoms with van der Waals surface area (Å²) >= 11 is 11.7. The molecule has 0 aliphatic carbocycles. The molecular weight excluding hydrogens is 292 g/mol. The van der Waals surface area contributed by atoms with Crippen LogP contribution in [0.4, 0.5) is 10.1 Å². The average Bonchev–Trinajstić information content (AvgIpc) is 2.31. The minimum absolute atomic E-state index is 0.0392. The van der Waals surface area contributed by atoms with Gasteiger partial charge >= 0.3 is 0 Å². The van der Waals surface area contributed by atoms with Crippen LogP contribution in [0.3, 0.4) is 0 Å². The summed E-state index contributed by atoms with van der Waals surface area (Å²) in [5, 5.41) is 0.852. The fourth-order valence-electron chi connectivity index (χ4n) is 1.51. The summed E-state index contributed by atoms with van der Waals surface area (Å²) < 4.78 is 23.8. The van der Waals surface area contributed by atoms with Crippen LogP contribution in [-0.2, 0) is 0 Å². The molecule has 0 heterocycles. The SMILES string of the molecule is COc1cc(Oc2cc(Cl)cc(Cl)c2)c(N)cc1F. The van der Waals surface area contributed by atoms with Crippen LogP contribution in [0.2, 0.25) is 10.0 Å². The maximum atomic E-state index is 13.4. The third-order valence-electron chi connectivity index (χ3n) is 2.35. The first-order valence-corrected chi connectivity index (χ1v) is 6.02. The summed E-state index contributed by atoms with van der Waals surface area (Å²) in [5.41, 5.74) is 5.83. The summed E-state index contributed by atoms with van der Waals surface area (Å²) in [6.07, 6.45) is 0. The van der Waals surface area contributed by atoms with E-state index in [1.807, 2.05) is 0 Å². The van der Waals surface area contributed by atoms with E-state index in [-0.39, 0.29) is 17.2 Å². The van der Waals surface area contributed by atoms with Gasteiger partial charge in [-0.05, 0) is 18.2 Å². The van der Waals surface area contributed by atoms with E-state index in [1.54, 1.807) is 18.2 Å². The number of hydrogen-bond acceptors (Lipinski definition) is 3. The van der Waals surface area contributed by atoms with Crippen LogP contribution in [0.1, 0.15) is 0 Å². The topological polar surface area (TPSA) is 44.5 Å². The monoisotopic (exact) mass is 301 g/mol. The second kappa shape index (κ2) is 5.55. The van der Waals surface area contributed by atoms with Crippen molar-refractivity contribution in [2.75, 3.05) is 12.8 Å². The minimum Gasteiger partial charge on any atom is -0.494 e. The van der Waals surface area contributed by atoms with Crippen LogP contribution >= 0.6 is 23.2 Å². The number of hydrogen-bond donors (Lipinski definition) is 1. The van der Waals surface area contributed by atoms with Gasteiger partial charge in [-0.15, -0.1) is 0 Å². The number of methoxy groups -OCH3 is 1. The second-order valence-electron chi connectivity index (χ2n) is 3.73. The van der Waals surface area contributed by atoms with Crippen LogP contribution < -0.4 is 15.2 Å². The standard InChI is InChI=1S/C13H10Cl2FNO2/c1-18-12-6-13(11(17)5-10(12)16)19-9-3-7(14)2-8(15)4-9/h2-6H,17H2,1H3. The molecule has 0 bridgehead atoms. The fourth-order valence-corrected chi connectivity index (χ4v) is 2.02. The Kier molecular flexibility index (Phi) is 4.02. The van der Waals surface area contributed by atoms with Crippen LogP contribution in [0, 0.1) is 5.82 Å². The summed E-state index contributed by atoms with van der Waals surface area (Å²) in [6.45, 7) is 0. The van der Waals surface area contributed by atoms with Crippen molar-refractivity contribution in [1.82, 2.24) is 0 Å². The average molecular weight is 302 g/mol. The molecule has 0 aromatic heterocycles. The molecule has 0 spiro atoms. The van der Waals surface area contributed by atoms with E-state index in [1.165, 1.54) is 13.2 Å². The number of anilines is 1. The highest BCUT2D eigenvalue weighted by Gasteiger charge is 2.11. The van der Waals surface area contributed by atoms with E-state index >= 15 is 0 Å². The Morgan fingerprint density at radius 1 is 1.00 bits per heavy atom. The number of nitrogens with two attached hydrogens (primary N) is 1. The van der Waals surface area contributed by atoms with Gasteiger partial charge in [0.2, 0.25) is 0 Å². The number of halogens is 3. The maximum absolute atomic E-state index is 13.4. The second-order valence-corrected chi connectivity index (χ2v) is 4.60. The molecule has 2 aromatic carbocycles. The van der Waals surface area contributed by atoms with Gasteiger partial charge in [0.15, 0.2) is 17.3 Å². The molecule has 0 aliphatic rings. The molecule has 100 valence electrons. The van der Waals surface area contributed by atoms with E-state index in [9.17, 15) is 4.39 Å². The normalized spacial score (nSPS) is 10.3. The molecule has 0 saturated carbocycles. The van der Waals surface area contributed by atoms with Gasteiger partial charge in [0.05, 0.1) is 12.8 Å². The van der Waals surface area contributed by atoms with Crippen molar-refractivity contribution in [1.29, 1.82) is 0 Å². The molecule has 0 fully saturated rings. The first kappa shape index (κ1) is 13.8. The van der Waals surface area contributed by atoms with Crippen LogP contribution in [0.5, 0.6) is 17.2 Å². The number of nitrogen functional groups attached to an aromatic ring is 1. The number of benzene rings is 2. The Balaban J connectivity index is 2.37. The molecule has 6 heteroatoms. The summed E-state index contributed by atoms with van der Waals surface area (Å²) in [4.78, 5) is 0. The Morgan fingerprint density at radius 2 is 1.63 bits per heavy atom. The first-order chi connectivity index (χ1) is 8.99. The van der Waals surface area contributed by atoms with E-state index in [0.29, 0.717) is 15.8 Å². The van der Waals surface area contributed by atoms with E-state index in [2.05, 4.69) is 0 Å². The van der Waals surface area contributed by atoms with Gasteiger partial charge in [-0.25, -0.2) is 4.39 Å². The Labute approximate surface area is 119 Å². The number of ether oxygens (including phenoxy) is 2. The van der Waals surface area contributed by atoms with Crippen LogP contribution in [-0.4, -0.2) is 7.11 Å². The fraction of sp³-hybridized carbons (Fsp3) is 0.0769. The Hall–Kier alpha value is -1.65. The van der Waals surface area contributed by atoms with E-state index < -0.39 is 5.82 Å². The van der Waals surface area contributed by atoms with Gasteiger partial charge in [-0.1, -0.05) is 23.2 Å². The molecule has 0 atom stereocenters. The highest BCUT2D eigenvalue weighted by molar-refractivity contribution is 6.34. The zero-order valence-electron chi connectivity index (χ0n) is 9.91. The molecule has 19 heavy (non-hydrogen) atoms. The molecule has 2 rings (SSSR count). The lowest BCUT2D eigenvalue weighted by Gasteiger charge is -2.11. The highest BCUT2D eigenvalue weighted by atomic mass is 35.5. The highest BCUT2D eigenvalue weighted by Crippen LogP contribution is 2.35. The molecule has 0 saturated heterocycles. The molecule has 0 amide bonds. The Bertz CT molecular complexity index is 600. The zero-order valence-corrected chi connectivity index (χ0v) is 11.4. The van der Waals surface area contributed by atoms with Gasteiger partial charge in [0.25, 0.3) is 0 Å². The molecule has 0 aliphatic heterocycles. The maximum Gasteiger partial charge on any atom is 0.167 e. The lowest BCUT2D eigenvalue weighted by molar-refractivity contribution is 0.382. The third kappa shape index (κ3) is 3.22. The van der Waals surface area contributed by atoms with E-state index in [0.717, 1.165) is 6.07 Å². The molecule has 3 nitrogen and oxygen atoms in total. The largest absolute Gasteiger partial charge is 0.494 e. The molecular formula is C13H10Cl2FNO2. The molecule has 0 radical (unpaired) electrons. The van der Waals surface area contributed by atoms with Gasteiger partial charge in [-0.2, -0.15) is 0 Å². The lowest BCUT2D eigenvalue weighted by atomic mass is 10.2. The van der Waals surface area contributed by atoms with Gasteiger partial charge < -0.3 is 15.2 Å². The van der Waals surface area contributed by atoms with Crippen molar-refractivity contribution in [3.05, 3.63) is 46.2 Å². The summed E-state index contributed by atoms with van der Waals surface area (Å²) in [7, 11) is 1.36. The van der Waals surface area contributed by atoms with Crippen LogP contribution in [0.15, 0.2) is 30.3 Å². The quantitative estimate of drug-likeness (QED) is 0.848. The van der Waals surface area contributed by atoms with Crippen molar-refractivity contribution in [3.63, 3.8) is 0 Å². The van der Waals surface area contributed by atoms with Crippen molar-refractivity contribution >= 4 is 28.9 Å². The van der Waals surface area contributed by atoms with E-state index in [4.69, 9.17) is 38.4 Å². The van der Waals surface area contributed by atoms with Gasteiger partial charge in [0, 0.05) is 22.2 Å². The van der Waals surface area contributed by atoms with Crippen molar-refractivity contribution < 1.29 is 13.9 Å². The minimum atomic E-state index is -0.559. The molecule has 0 unspecified atom stereocenters. The zero-order chi connectivity index (χ0) is 14.0. The van der Waals surface area contributed by atoms with Crippen LogP contribution in [0.25, 0.3) is 0 Å². The summed E-state index contributed by atoms with van der Waals surface area (Å²) in [6, 6.07) is 7.20. The third-order valence-corrected chi connectivity index (χ3v) is 2.78. The predicted octanol–water partition coefficient (Wildman–Crippen LogP) is 4.52. The predicted molar refractivity (Wildman–Crippen MR) is 73.9 cm³/mol. The Morgan fingerprint density at radius 3 is 2.21 bits per heavy atom. The van der Waals surface area contributed by atoms with Gasteiger partial charge in [-0.3, -0.25) is 0 Å². The lowest BCUT2D eigenvalue weighted by Crippen LogP contribution is -1.96. The molecule has 2 aromatic rings. The van der Waals surface area contributed by atoms with Gasteiger partial charge in [0.1, 0.15) is 5.75 Å². The number of rotatable bonds is 3. The summed E-state index contributed by atoms with van der Waals surface area (Å²) in [5.74, 6) is 0.142. The van der Waals surface area contributed by atoms with Crippen molar-refractivity contribution in [3.8, 4) is 17.2 Å². The smallest absolute Gasteiger partial charge is 0.167 e. The van der Waals surface area contributed by atoms with Crippen molar-refractivity contribution in [2.24, 2.45) is 0 Å².